The number of esters is 1. The zero-order valence-corrected chi connectivity index (χ0v) is 23.6. The van der Waals surface area contributed by atoms with Crippen molar-refractivity contribution in [1.29, 1.82) is 0 Å². The van der Waals surface area contributed by atoms with Gasteiger partial charge in [0.2, 0.25) is 11.6 Å². The Bertz CT molecular complexity index is 1480. The standard InChI is InChI=1S/C25H31FN7O7P/c1-6-25(26)19(34)17(39-23(25)33-13-29-18-20(28-5)30-24(27)31-21(18)33)12-37-41(36,40-16-10-8-7-9-11-16)32-15(4)22(35)38-14(2)3/h1,7-11,13-15,17,19,23,34H,12H2,2-5H3,(H,32,36)(H3,27,28,30,31)/t15-,17+,19+,23+,25+,41+/m0/s1. The number of halogens is 1. The SMILES string of the molecule is C#C[C@@]1(F)[C@H](O)[C@@H](CO[P@](=O)(N[C@@H](C)C(=O)OC(C)C)Oc2ccccc2)O[C@H]1n1cnc2c(NC)nc(N)nc21. The van der Waals surface area contributed by atoms with Crippen molar-refractivity contribution in [2.24, 2.45) is 0 Å². The van der Waals surface area contributed by atoms with Gasteiger partial charge in [0.15, 0.2) is 23.2 Å². The van der Waals surface area contributed by atoms with Gasteiger partial charge in [0.25, 0.3) is 0 Å². The van der Waals surface area contributed by atoms with Crippen LogP contribution in [0, 0.1) is 12.3 Å². The molecule has 3 heterocycles. The normalized spacial score (nSPS) is 24.5. The average Bonchev–Trinajstić information content (AvgIpc) is 3.45. The molecule has 2 aromatic heterocycles. The molecule has 41 heavy (non-hydrogen) atoms. The number of para-hydroxylation sites is 1. The van der Waals surface area contributed by atoms with E-state index in [0.717, 1.165) is 0 Å². The van der Waals surface area contributed by atoms with E-state index in [0.29, 0.717) is 0 Å². The molecule has 0 aliphatic carbocycles. The number of aromatic nitrogens is 4. The second kappa shape index (κ2) is 12.0. The largest absolute Gasteiger partial charge is 0.462 e. The number of nitrogens with zero attached hydrogens (tertiary/aromatic N) is 4. The summed E-state index contributed by atoms with van der Waals surface area (Å²) in [5.74, 6) is 1.57. The topological polar surface area (TPSA) is 185 Å². The van der Waals surface area contributed by atoms with Crippen LogP contribution in [0.25, 0.3) is 11.2 Å². The zero-order valence-electron chi connectivity index (χ0n) is 22.7. The highest BCUT2D eigenvalue weighted by molar-refractivity contribution is 7.52. The van der Waals surface area contributed by atoms with E-state index < -0.39 is 56.6 Å². The highest BCUT2D eigenvalue weighted by Crippen LogP contribution is 2.48. The fraction of sp³-hybridized carbons (Fsp3) is 0.440. The number of hydrogen-bond acceptors (Lipinski definition) is 12. The summed E-state index contributed by atoms with van der Waals surface area (Å²) >= 11 is 0. The number of imidazole rings is 1. The lowest BCUT2D eigenvalue weighted by Crippen LogP contribution is -2.42. The van der Waals surface area contributed by atoms with Crippen LogP contribution in [-0.4, -0.2) is 74.3 Å². The molecule has 1 fully saturated rings. The molecule has 3 aromatic rings. The molecule has 0 bridgehead atoms. The Morgan fingerprint density at radius 3 is 2.68 bits per heavy atom. The minimum absolute atomic E-state index is 0.0927. The first-order chi connectivity index (χ1) is 19.4. The number of nitrogen functional groups attached to an aromatic ring is 1. The van der Waals surface area contributed by atoms with Gasteiger partial charge in [-0.1, -0.05) is 24.1 Å². The van der Waals surface area contributed by atoms with E-state index in [1.807, 2.05) is 5.92 Å². The lowest BCUT2D eigenvalue weighted by atomic mass is 9.97. The maximum absolute atomic E-state index is 16.1. The minimum Gasteiger partial charge on any atom is -0.462 e. The summed E-state index contributed by atoms with van der Waals surface area (Å²) in [7, 11) is -2.75. The molecule has 5 N–H and O–H groups in total. The van der Waals surface area contributed by atoms with Gasteiger partial charge < -0.3 is 30.2 Å². The van der Waals surface area contributed by atoms with Gasteiger partial charge in [0.1, 0.15) is 24.0 Å². The molecular formula is C25H31FN7O7P. The van der Waals surface area contributed by atoms with Crippen molar-refractivity contribution in [3.05, 3.63) is 36.7 Å². The van der Waals surface area contributed by atoms with E-state index in [2.05, 4.69) is 25.4 Å². The third-order valence-corrected chi connectivity index (χ3v) is 7.67. The van der Waals surface area contributed by atoms with Crippen molar-refractivity contribution >= 4 is 36.6 Å². The zero-order chi connectivity index (χ0) is 29.9. The molecule has 0 amide bonds. The van der Waals surface area contributed by atoms with Crippen LogP contribution < -0.4 is 20.7 Å². The third-order valence-electron chi connectivity index (χ3n) is 6.03. The van der Waals surface area contributed by atoms with E-state index in [9.17, 15) is 14.5 Å². The third kappa shape index (κ3) is 6.27. The maximum atomic E-state index is 16.1. The van der Waals surface area contributed by atoms with E-state index >= 15 is 4.39 Å². The fourth-order valence-electron chi connectivity index (χ4n) is 4.10. The van der Waals surface area contributed by atoms with Crippen LogP contribution in [-0.2, 0) is 23.4 Å². The van der Waals surface area contributed by atoms with Gasteiger partial charge in [-0.15, -0.1) is 6.42 Å². The van der Waals surface area contributed by atoms with Crippen LogP contribution in [0.4, 0.5) is 16.2 Å². The summed E-state index contributed by atoms with van der Waals surface area (Å²) in [5, 5.41) is 16.2. The number of ether oxygens (including phenoxy) is 2. The van der Waals surface area contributed by atoms with Gasteiger partial charge in [-0.3, -0.25) is 13.9 Å². The number of alkyl halides is 1. The smallest absolute Gasteiger partial charge is 0.459 e. The van der Waals surface area contributed by atoms with Crippen LogP contribution in [0.2, 0.25) is 0 Å². The number of rotatable bonds is 11. The van der Waals surface area contributed by atoms with Gasteiger partial charge in [-0.05, 0) is 32.9 Å². The van der Waals surface area contributed by atoms with Crippen molar-refractivity contribution in [3.63, 3.8) is 0 Å². The van der Waals surface area contributed by atoms with Crippen LogP contribution >= 0.6 is 7.75 Å². The van der Waals surface area contributed by atoms with Crippen molar-refractivity contribution in [3.8, 4) is 18.1 Å². The predicted octanol–water partition coefficient (Wildman–Crippen LogP) is 2.18. The second-order valence-electron chi connectivity index (χ2n) is 9.42. The summed E-state index contributed by atoms with van der Waals surface area (Å²) in [4.78, 5) is 24.7. The predicted molar refractivity (Wildman–Crippen MR) is 146 cm³/mol. The number of benzene rings is 1. The summed E-state index contributed by atoms with van der Waals surface area (Å²) in [6.45, 7) is 4.08. The lowest BCUT2D eigenvalue weighted by Gasteiger charge is -2.25. The maximum Gasteiger partial charge on any atom is 0.459 e. The van der Waals surface area contributed by atoms with E-state index in [1.165, 1.54) is 30.0 Å². The number of carbonyl (C=O) groups is 1. The van der Waals surface area contributed by atoms with Crippen molar-refractivity contribution in [2.75, 3.05) is 24.7 Å². The number of hydrogen-bond donors (Lipinski definition) is 4. The Kier molecular flexibility index (Phi) is 8.81. The average molecular weight is 592 g/mol. The van der Waals surface area contributed by atoms with Crippen molar-refractivity contribution in [2.45, 2.75) is 57.0 Å². The van der Waals surface area contributed by atoms with Crippen LogP contribution in [0.3, 0.4) is 0 Å². The summed E-state index contributed by atoms with van der Waals surface area (Å²) in [5.41, 5.74) is 3.36. The number of fused-ring (bicyclic) bond motifs is 1. The second-order valence-corrected chi connectivity index (χ2v) is 11.1. The van der Waals surface area contributed by atoms with Crippen LogP contribution in [0.5, 0.6) is 5.75 Å². The molecule has 0 radical (unpaired) electrons. The molecular weight excluding hydrogens is 560 g/mol. The molecule has 1 aliphatic heterocycles. The molecule has 220 valence electrons. The van der Waals surface area contributed by atoms with Crippen molar-refractivity contribution in [1.82, 2.24) is 24.6 Å². The molecule has 0 saturated carbocycles. The monoisotopic (exact) mass is 591 g/mol. The summed E-state index contributed by atoms with van der Waals surface area (Å²) < 4.78 is 53.2. The molecule has 14 nitrogen and oxygen atoms in total. The molecule has 1 saturated heterocycles. The first kappa shape index (κ1) is 30.2. The Morgan fingerprint density at radius 1 is 1.34 bits per heavy atom. The number of nitrogens with two attached hydrogens (primary N) is 1. The van der Waals surface area contributed by atoms with Gasteiger partial charge in [0.05, 0.1) is 19.0 Å². The number of nitrogens with one attached hydrogen (secondary N) is 2. The minimum atomic E-state index is -4.34. The van der Waals surface area contributed by atoms with Crippen LogP contribution in [0.1, 0.15) is 27.0 Å². The van der Waals surface area contributed by atoms with Crippen LogP contribution in [0.15, 0.2) is 36.7 Å². The number of terminal acetylenes is 1. The van der Waals surface area contributed by atoms with Gasteiger partial charge in [0, 0.05) is 7.05 Å². The highest BCUT2D eigenvalue weighted by atomic mass is 31.2. The van der Waals surface area contributed by atoms with Gasteiger partial charge >= 0.3 is 13.7 Å². The number of aliphatic hydroxyl groups excluding tert-OH is 1. The van der Waals surface area contributed by atoms with Crippen molar-refractivity contribution < 1.29 is 37.4 Å². The summed E-state index contributed by atoms with van der Waals surface area (Å²) in [6, 6.07) is 6.92. The molecule has 1 aliphatic rings. The first-order valence-corrected chi connectivity index (χ1v) is 14.1. The van der Waals surface area contributed by atoms with E-state index in [1.54, 1.807) is 39.1 Å². The molecule has 0 spiro atoms. The Morgan fingerprint density at radius 2 is 2.05 bits per heavy atom. The Hall–Kier alpha value is -3.80. The molecule has 1 aromatic carbocycles. The highest BCUT2D eigenvalue weighted by Gasteiger charge is 2.58. The summed E-state index contributed by atoms with van der Waals surface area (Å²) in [6.07, 6.45) is 1.32. The van der Waals surface area contributed by atoms with Gasteiger partial charge in [-0.2, -0.15) is 15.1 Å². The molecule has 16 heteroatoms. The Labute approximate surface area is 235 Å². The molecule has 0 unspecified atom stereocenters. The molecule has 6 atom stereocenters. The van der Waals surface area contributed by atoms with E-state index in [4.69, 9.17) is 30.7 Å². The number of carbonyl (C=O) groups excluding carboxylic acids is 1. The fourth-order valence-corrected chi connectivity index (χ4v) is 5.60. The van der Waals surface area contributed by atoms with E-state index in [-0.39, 0.29) is 28.7 Å². The lowest BCUT2D eigenvalue weighted by molar-refractivity contribution is -0.149. The number of aliphatic hydroxyl groups is 1. The quantitative estimate of drug-likeness (QED) is 0.145. The Balaban J connectivity index is 1.60. The van der Waals surface area contributed by atoms with Gasteiger partial charge in [-0.25, -0.2) is 13.9 Å². The first-order valence-electron chi connectivity index (χ1n) is 12.6. The molecule has 4 rings (SSSR count). The number of anilines is 2.